The third-order valence-corrected chi connectivity index (χ3v) is 4.90. The molecule has 0 saturated heterocycles. The predicted molar refractivity (Wildman–Crippen MR) is 86.5 cm³/mol. The van der Waals surface area contributed by atoms with Gasteiger partial charge in [0.05, 0.1) is 5.56 Å². The number of benzene rings is 1. The fourth-order valence-electron chi connectivity index (χ4n) is 2.66. The Labute approximate surface area is 130 Å². The molecule has 0 heterocycles. The summed E-state index contributed by atoms with van der Waals surface area (Å²) in [5.41, 5.74) is 0.260. The van der Waals surface area contributed by atoms with Crippen molar-refractivity contribution >= 4 is 17.7 Å². The van der Waals surface area contributed by atoms with Gasteiger partial charge in [-0.05, 0) is 43.2 Å². The number of rotatable bonds is 8. The Morgan fingerprint density at radius 1 is 1.48 bits per heavy atom. The van der Waals surface area contributed by atoms with E-state index in [9.17, 15) is 4.79 Å². The van der Waals surface area contributed by atoms with Gasteiger partial charge in [-0.2, -0.15) is 11.8 Å². The highest BCUT2D eigenvalue weighted by atomic mass is 32.2. The molecule has 0 radical (unpaired) electrons. The Kier molecular flexibility index (Phi) is 6.39. The van der Waals surface area contributed by atoms with Crippen molar-refractivity contribution in [2.75, 3.05) is 18.9 Å². The van der Waals surface area contributed by atoms with E-state index < -0.39 is 5.97 Å². The van der Waals surface area contributed by atoms with Gasteiger partial charge >= 0.3 is 5.97 Å². The molecule has 1 aliphatic rings. The van der Waals surface area contributed by atoms with Crippen LogP contribution in [0.4, 0.5) is 0 Å². The van der Waals surface area contributed by atoms with E-state index >= 15 is 0 Å². The highest BCUT2D eigenvalue weighted by Crippen LogP contribution is 2.29. The van der Waals surface area contributed by atoms with Gasteiger partial charge < -0.3 is 15.2 Å². The first-order valence-corrected chi connectivity index (χ1v) is 8.55. The van der Waals surface area contributed by atoms with Crippen molar-refractivity contribution in [3.05, 3.63) is 29.8 Å². The van der Waals surface area contributed by atoms with Crippen LogP contribution in [-0.4, -0.2) is 41.3 Å². The molecule has 2 atom stereocenters. The smallest absolute Gasteiger partial charge is 0.335 e. The summed E-state index contributed by atoms with van der Waals surface area (Å²) < 4.78 is 5.60. The number of aromatic carboxylic acids is 1. The second-order valence-electron chi connectivity index (χ2n) is 5.22. The number of nitrogens with one attached hydrogen (secondary N) is 1. The monoisotopic (exact) mass is 309 g/mol. The molecule has 2 unspecified atom stereocenters. The van der Waals surface area contributed by atoms with E-state index in [4.69, 9.17) is 9.84 Å². The zero-order valence-electron chi connectivity index (χ0n) is 12.4. The quantitative estimate of drug-likeness (QED) is 0.723. The second kappa shape index (κ2) is 8.29. The fraction of sp³-hybridized carbons (Fsp3) is 0.562. The van der Waals surface area contributed by atoms with Crippen LogP contribution in [0, 0.1) is 0 Å². The number of hydrogen-bond acceptors (Lipinski definition) is 4. The number of thioether (sulfide) groups is 1. The number of carboxylic acid groups (broad SMARTS) is 1. The molecule has 2 N–H and O–H groups in total. The topological polar surface area (TPSA) is 58.6 Å². The molecule has 21 heavy (non-hydrogen) atoms. The molecule has 116 valence electrons. The van der Waals surface area contributed by atoms with Gasteiger partial charge in [0.1, 0.15) is 12.4 Å². The first-order chi connectivity index (χ1) is 10.2. The summed E-state index contributed by atoms with van der Waals surface area (Å²) in [5, 5.41) is 13.3. The summed E-state index contributed by atoms with van der Waals surface area (Å²) in [6.45, 7) is 3.57. The van der Waals surface area contributed by atoms with Gasteiger partial charge in [0, 0.05) is 17.8 Å². The van der Waals surface area contributed by atoms with E-state index in [-0.39, 0.29) is 5.56 Å². The van der Waals surface area contributed by atoms with Crippen LogP contribution in [0.5, 0.6) is 5.75 Å². The van der Waals surface area contributed by atoms with Crippen molar-refractivity contribution in [3.8, 4) is 5.75 Å². The number of carbonyl (C=O) groups is 1. The Morgan fingerprint density at radius 3 is 3.10 bits per heavy atom. The van der Waals surface area contributed by atoms with Gasteiger partial charge in [-0.1, -0.05) is 13.0 Å². The van der Waals surface area contributed by atoms with E-state index in [1.807, 2.05) is 0 Å². The zero-order valence-corrected chi connectivity index (χ0v) is 13.2. The molecular weight excluding hydrogens is 286 g/mol. The minimum atomic E-state index is -0.927. The van der Waals surface area contributed by atoms with Gasteiger partial charge in [-0.15, -0.1) is 0 Å². The van der Waals surface area contributed by atoms with Crippen molar-refractivity contribution in [1.29, 1.82) is 0 Å². The largest absolute Gasteiger partial charge is 0.492 e. The SMILES string of the molecule is CCSC1CCC(NCCOc2cccc(C(=O)O)c2)C1. The lowest BCUT2D eigenvalue weighted by molar-refractivity contribution is 0.0696. The van der Waals surface area contributed by atoms with Crippen molar-refractivity contribution in [2.45, 2.75) is 37.5 Å². The number of carboxylic acids is 1. The molecule has 1 fully saturated rings. The molecule has 5 heteroatoms. The van der Waals surface area contributed by atoms with E-state index in [1.165, 1.54) is 25.0 Å². The molecule has 1 aromatic carbocycles. The first kappa shape index (κ1) is 16.2. The summed E-state index contributed by atoms with van der Waals surface area (Å²) >= 11 is 2.06. The maximum atomic E-state index is 10.9. The van der Waals surface area contributed by atoms with Crippen LogP contribution in [0.15, 0.2) is 24.3 Å². The van der Waals surface area contributed by atoms with Crippen LogP contribution >= 0.6 is 11.8 Å². The molecular formula is C16H23NO3S. The minimum absolute atomic E-state index is 0.260. The Hall–Kier alpha value is -1.20. The summed E-state index contributed by atoms with van der Waals surface area (Å²) in [7, 11) is 0. The maximum Gasteiger partial charge on any atom is 0.335 e. The Bertz CT molecular complexity index is 467. The molecule has 0 aromatic heterocycles. The molecule has 4 nitrogen and oxygen atoms in total. The lowest BCUT2D eigenvalue weighted by Crippen LogP contribution is -2.30. The van der Waals surface area contributed by atoms with Gasteiger partial charge in [0.15, 0.2) is 0 Å². The molecule has 0 aliphatic heterocycles. The van der Waals surface area contributed by atoms with Crippen LogP contribution in [0.25, 0.3) is 0 Å². The van der Waals surface area contributed by atoms with Crippen LogP contribution in [0.3, 0.4) is 0 Å². The van der Waals surface area contributed by atoms with Crippen molar-refractivity contribution in [1.82, 2.24) is 5.32 Å². The molecule has 1 aromatic rings. The van der Waals surface area contributed by atoms with Crippen molar-refractivity contribution < 1.29 is 14.6 Å². The third-order valence-electron chi connectivity index (χ3n) is 3.67. The zero-order chi connectivity index (χ0) is 15.1. The average molecular weight is 309 g/mol. The summed E-state index contributed by atoms with van der Waals surface area (Å²) in [6, 6.07) is 7.22. The summed E-state index contributed by atoms with van der Waals surface area (Å²) in [4.78, 5) is 10.9. The van der Waals surface area contributed by atoms with E-state index in [1.54, 1.807) is 24.3 Å². The second-order valence-corrected chi connectivity index (χ2v) is 6.80. The molecule has 0 bridgehead atoms. The van der Waals surface area contributed by atoms with Crippen LogP contribution in [0.2, 0.25) is 0 Å². The van der Waals surface area contributed by atoms with Crippen LogP contribution in [-0.2, 0) is 0 Å². The van der Waals surface area contributed by atoms with Crippen molar-refractivity contribution in [2.24, 2.45) is 0 Å². The van der Waals surface area contributed by atoms with Crippen molar-refractivity contribution in [3.63, 3.8) is 0 Å². The minimum Gasteiger partial charge on any atom is -0.492 e. The highest BCUT2D eigenvalue weighted by molar-refractivity contribution is 7.99. The predicted octanol–water partition coefficient (Wildman–Crippen LogP) is 3.03. The standard InChI is InChI=1S/C16H23NO3S/c1-2-21-15-7-6-13(11-15)17-8-9-20-14-5-3-4-12(10-14)16(18)19/h3-5,10,13,15,17H,2,6-9,11H2,1H3,(H,18,19). The Morgan fingerprint density at radius 2 is 2.33 bits per heavy atom. The molecule has 1 aliphatic carbocycles. The van der Waals surface area contributed by atoms with Gasteiger partial charge in [-0.25, -0.2) is 4.79 Å². The fourth-order valence-corrected chi connectivity index (χ4v) is 3.81. The molecule has 0 amide bonds. The third kappa shape index (κ3) is 5.25. The summed E-state index contributed by atoms with van der Waals surface area (Å²) in [5.74, 6) is 0.881. The highest BCUT2D eigenvalue weighted by Gasteiger charge is 2.23. The van der Waals surface area contributed by atoms with Gasteiger partial charge in [-0.3, -0.25) is 0 Å². The normalized spacial score (nSPS) is 21.4. The van der Waals surface area contributed by atoms with Crippen LogP contribution in [0.1, 0.15) is 36.5 Å². The van der Waals surface area contributed by atoms with E-state index in [0.717, 1.165) is 11.8 Å². The summed E-state index contributed by atoms with van der Waals surface area (Å²) in [6.07, 6.45) is 3.79. The van der Waals surface area contributed by atoms with E-state index in [2.05, 4.69) is 24.0 Å². The average Bonchev–Trinajstić information content (AvgIpc) is 2.92. The maximum absolute atomic E-state index is 10.9. The number of ether oxygens (including phenoxy) is 1. The van der Waals surface area contributed by atoms with Crippen LogP contribution < -0.4 is 10.1 Å². The Balaban J connectivity index is 1.66. The molecule has 0 spiro atoms. The lowest BCUT2D eigenvalue weighted by atomic mass is 10.2. The molecule has 1 saturated carbocycles. The lowest BCUT2D eigenvalue weighted by Gasteiger charge is -2.13. The number of hydrogen-bond donors (Lipinski definition) is 2. The first-order valence-electron chi connectivity index (χ1n) is 7.50. The molecule has 2 rings (SSSR count). The van der Waals surface area contributed by atoms with Gasteiger partial charge in [0.25, 0.3) is 0 Å². The van der Waals surface area contributed by atoms with Gasteiger partial charge in [0.2, 0.25) is 0 Å². The van der Waals surface area contributed by atoms with E-state index in [0.29, 0.717) is 18.4 Å².